The molecule has 2 aromatic rings. The van der Waals surface area contributed by atoms with E-state index in [-0.39, 0.29) is 17.8 Å². The van der Waals surface area contributed by atoms with Gasteiger partial charge in [-0.3, -0.25) is 14.7 Å². The molecule has 3 atom stereocenters. The van der Waals surface area contributed by atoms with E-state index in [9.17, 15) is 14.3 Å². The maximum Gasteiger partial charge on any atom is 0.325 e. The smallest absolute Gasteiger partial charge is 0.325 e. The molecule has 0 bridgehead atoms. The lowest BCUT2D eigenvalue weighted by molar-refractivity contribution is -0.143. The highest BCUT2D eigenvalue weighted by Gasteiger charge is 2.39. The lowest BCUT2D eigenvalue weighted by Crippen LogP contribution is -2.34. The fourth-order valence-electron chi connectivity index (χ4n) is 6.31. The van der Waals surface area contributed by atoms with E-state index in [4.69, 9.17) is 14.5 Å². The van der Waals surface area contributed by atoms with Crippen LogP contribution >= 0.6 is 0 Å². The van der Waals surface area contributed by atoms with Crippen molar-refractivity contribution in [3.05, 3.63) is 64.2 Å². The van der Waals surface area contributed by atoms with Gasteiger partial charge in [-0.15, -0.1) is 0 Å². The Kier molecular flexibility index (Phi) is 8.46. The number of carbonyl (C=O) groups is 1. The summed E-state index contributed by atoms with van der Waals surface area (Å²) < 4.78 is 26.7. The highest BCUT2D eigenvalue weighted by atomic mass is 19.1. The number of aromatic nitrogens is 1. The largest absolute Gasteiger partial charge is 0.480 e. The van der Waals surface area contributed by atoms with Crippen LogP contribution in [0.5, 0.6) is 0 Å². The predicted molar refractivity (Wildman–Crippen MR) is 144 cm³/mol. The first-order valence-electron chi connectivity index (χ1n) is 14.3. The van der Waals surface area contributed by atoms with E-state index in [1.54, 1.807) is 6.07 Å². The lowest BCUT2D eigenvalue weighted by atomic mass is 9.93. The Morgan fingerprint density at radius 3 is 2.84 bits per heavy atom. The molecule has 5 rings (SSSR count). The maximum atomic E-state index is 14.3. The zero-order chi connectivity index (χ0) is 26.7. The molecular weight excluding hydrogens is 483 g/mol. The van der Waals surface area contributed by atoms with Crippen molar-refractivity contribution in [3.63, 3.8) is 0 Å². The summed E-state index contributed by atoms with van der Waals surface area (Å²) in [7, 11) is 0. The number of fused-ring (bicyclic) bond motifs is 1. The van der Waals surface area contributed by atoms with Crippen molar-refractivity contribution in [3.8, 4) is 0 Å². The van der Waals surface area contributed by atoms with Gasteiger partial charge in [0.2, 0.25) is 0 Å². The molecule has 38 heavy (non-hydrogen) atoms. The van der Waals surface area contributed by atoms with Crippen LogP contribution in [0.4, 0.5) is 4.39 Å². The number of aliphatic carboxylic acids is 1. The van der Waals surface area contributed by atoms with Crippen molar-refractivity contribution in [2.24, 2.45) is 0 Å². The lowest BCUT2D eigenvalue weighted by Gasteiger charge is -2.28. The number of aryl methyl sites for hydroxylation is 3. The standard InChI is InChI=1S/C31H41FN2O4/c1-31(2)16-14-28(38-31)25-13-11-22(32)19-26(25)29(30(35)36)34-17-15-24(20-34)37-18-6-5-8-23-12-10-21-7-3-4-9-27(21)33-23/h10-13,19,24,28-29H,3-9,14-18,20H2,1-2H3,(H,35,36)/t24-,28?,29?/m1/s1. The van der Waals surface area contributed by atoms with Gasteiger partial charge >= 0.3 is 5.97 Å². The third-order valence-electron chi connectivity index (χ3n) is 8.35. The van der Waals surface area contributed by atoms with Gasteiger partial charge in [-0.2, -0.15) is 0 Å². The summed E-state index contributed by atoms with van der Waals surface area (Å²) in [5, 5.41) is 10.2. The number of unbranched alkanes of at least 4 members (excludes halogenated alkanes) is 1. The van der Waals surface area contributed by atoms with Gasteiger partial charge in [0.1, 0.15) is 11.9 Å². The fourth-order valence-corrected chi connectivity index (χ4v) is 6.31. The Morgan fingerprint density at radius 2 is 2.05 bits per heavy atom. The van der Waals surface area contributed by atoms with Crippen molar-refractivity contribution in [1.29, 1.82) is 0 Å². The molecule has 0 amide bonds. The molecule has 1 aliphatic carbocycles. The van der Waals surface area contributed by atoms with Crippen LogP contribution in [0.1, 0.15) is 99.0 Å². The summed E-state index contributed by atoms with van der Waals surface area (Å²) in [6.07, 6.45) is 9.91. The van der Waals surface area contributed by atoms with Crippen molar-refractivity contribution < 1.29 is 23.8 Å². The molecule has 1 N–H and O–H groups in total. The summed E-state index contributed by atoms with van der Waals surface area (Å²) >= 11 is 0. The number of carboxylic acids is 1. The van der Waals surface area contributed by atoms with Crippen molar-refractivity contribution in [1.82, 2.24) is 9.88 Å². The third kappa shape index (κ3) is 6.44. The minimum absolute atomic E-state index is 0.0163. The Hall–Kier alpha value is -2.35. The van der Waals surface area contributed by atoms with Crippen LogP contribution in [0, 0.1) is 5.82 Å². The number of benzene rings is 1. The van der Waals surface area contributed by atoms with Gasteiger partial charge < -0.3 is 14.6 Å². The first kappa shape index (κ1) is 27.2. The summed E-state index contributed by atoms with van der Waals surface area (Å²) in [5.41, 5.74) is 4.88. The zero-order valence-electron chi connectivity index (χ0n) is 22.8. The Labute approximate surface area is 225 Å². The van der Waals surface area contributed by atoms with Gasteiger partial charge in [-0.05, 0) is 113 Å². The molecule has 1 aromatic carbocycles. The normalized spacial score (nSPS) is 23.9. The number of ether oxygens (including phenoxy) is 2. The van der Waals surface area contributed by atoms with E-state index in [0.717, 1.165) is 56.9 Å². The number of carboxylic acid groups (broad SMARTS) is 1. The van der Waals surface area contributed by atoms with Crippen LogP contribution in [0.25, 0.3) is 0 Å². The topological polar surface area (TPSA) is 71.9 Å². The summed E-state index contributed by atoms with van der Waals surface area (Å²) in [6, 6.07) is 7.99. The molecule has 206 valence electrons. The summed E-state index contributed by atoms with van der Waals surface area (Å²) in [5.74, 6) is -1.39. The SMILES string of the molecule is CC1(C)CCC(c2ccc(F)cc2C(C(=O)O)N2CC[C@@H](OCCCCc3ccc4c(n3)CCCC4)C2)O1. The average Bonchev–Trinajstić information content (AvgIpc) is 3.49. The second-order valence-electron chi connectivity index (χ2n) is 11.8. The van der Waals surface area contributed by atoms with Crippen molar-refractivity contribution in [2.75, 3.05) is 19.7 Å². The number of hydrogen-bond acceptors (Lipinski definition) is 5. The molecule has 0 saturated carbocycles. The molecule has 0 radical (unpaired) electrons. The quantitative estimate of drug-likeness (QED) is 0.386. The second kappa shape index (κ2) is 11.8. The van der Waals surface area contributed by atoms with Crippen LogP contribution in [-0.2, 0) is 33.5 Å². The molecule has 6 nitrogen and oxygen atoms in total. The first-order valence-corrected chi connectivity index (χ1v) is 14.3. The van der Waals surface area contributed by atoms with Crippen LogP contribution in [0.3, 0.4) is 0 Å². The minimum Gasteiger partial charge on any atom is -0.480 e. The number of pyridine rings is 1. The monoisotopic (exact) mass is 524 g/mol. The van der Waals surface area contributed by atoms with Gasteiger partial charge in [-0.25, -0.2) is 4.39 Å². The second-order valence-corrected chi connectivity index (χ2v) is 11.8. The Bertz CT molecular complexity index is 1140. The van der Waals surface area contributed by atoms with E-state index in [2.05, 4.69) is 12.1 Å². The van der Waals surface area contributed by atoms with E-state index >= 15 is 0 Å². The third-order valence-corrected chi connectivity index (χ3v) is 8.35. The van der Waals surface area contributed by atoms with E-state index in [1.807, 2.05) is 18.7 Å². The number of rotatable bonds is 10. The molecule has 1 aromatic heterocycles. The Morgan fingerprint density at radius 1 is 1.21 bits per heavy atom. The Balaban J connectivity index is 1.14. The average molecular weight is 525 g/mol. The number of likely N-dealkylation sites (tertiary alicyclic amines) is 1. The zero-order valence-corrected chi connectivity index (χ0v) is 22.8. The van der Waals surface area contributed by atoms with Crippen LogP contribution < -0.4 is 0 Å². The molecule has 2 fully saturated rings. The predicted octanol–water partition coefficient (Wildman–Crippen LogP) is 5.97. The highest BCUT2D eigenvalue weighted by molar-refractivity contribution is 5.76. The number of hydrogen-bond donors (Lipinski definition) is 1. The number of nitrogens with zero attached hydrogens (tertiary/aromatic N) is 2. The minimum atomic E-state index is -0.965. The van der Waals surface area contributed by atoms with Crippen LogP contribution in [0.2, 0.25) is 0 Å². The van der Waals surface area contributed by atoms with Crippen molar-refractivity contribution >= 4 is 5.97 Å². The van der Waals surface area contributed by atoms with E-state index in [0.29, 0.717) is 25.3 Å². The van der Waals surface area contributed by atoms with Gasteiger partial charge in [0.25, 0.3) is 0 Å². The fraction of sp³-hybridized carbons (Fsp3) is 0.613. The van der Waals surface area contributed by atoms with Gasteiger partial charge in [0.15, 0.2) is 0 Å². The molecule has 0 spiro atoms. The van der Waals surface area contributed by atoms with Gasteiger partial charge in [-0.1, -0.05) is 12.1 Å². The van der Waals surface area contributed by atoms with Crippen LogP contribution in [0.15, 0.2) is 30.3 Å². The molecule has 2 aliphatic heterocycles. The summed E-state index contributed by atoms with van der Waals surface area (Å²) in [6.45, 7) is 5.86. The summed E-state index contributed by atoms with van der Waals surface area (Å²) in [4.78, 5) is 19.3. The van der Waals surface area contributed by atoms with Crippen LogP contribution in [-0.4, -0.2) is 52.4 Å². The van der Waals surface area contributed by atoms with Gasteiger partial charge in [0.05, 0.1) is 17.8 Å². The molecule has 2 saturated heterocycles. The molecule has 7 heteroatoms. The highest BCUT2D eigenvalue weighted by Crippen LogP contribution is 2.42. The molecular formula is C31H41FN2O4. The molecule has 2 unspecified atom stereocenters. The maximum absolute atomic E-state index is 14.3. The van der Waals surface area contributed by atoms with Gasteiger partial charge in [0, 0.05) is 31.1 Å². The molecule has 3 heterocycles. The van der Waals surface area contributed by atoms with E-state index in [1.165, 1.54) is 41.9 Å². The number of halogens is 1. The van der Waals surface area contributed by atoms with Crippen molar-refractivity contribution in [2.45, 2.75) is 102 Å². The molecule has 3 aliphatic rings. The first-order chi connectivity index (χ1) is 18.3. The van der Waals surface area contributed by atoms with E-state index < -0.39 is 17.8 Å².